The van der Waals surface area contributed by atoms with Gasteiger partial charge in [-0.05, 0) is 44.2 Å². The maximum atomic E-state index is 12.3. The molecule has 2 fully saturated rings. The number of benzene rings is 1. The topological polar surface area (TPSA) is 76.1 Å². The number of methoxy groups -OCH3 is 1. The third-order valence-corrected chi connectivity index (χ3v) is 5.05. The molecule has 23 heavy (non-hydrogen) atoms. The van der Waals surface area contributed by atoms with Crippen molar-refractivity contribution >= 4 is 11.9 Å². The Morgan fingerprint density at radius 3 is 2.57 bits per heavy atom. The largest absolute Gasteiger partial charge is 0.508 e. The van der Waals surface area contributed by atoms with Crippen molar-refractivity contribution in [1.82, 2.24) is 4.90 Å². The van der Waals surface area contributed by atoms with Gasteiger partial charge in [0.15, 0.2) is 0 Å². The van der Waals surface area contributed by atoms with Gasteiger partial charge in [0, 0.05) is 18.5 Å². The van der Waals surface area contributed by atoms with Crippen molar-refractivity contribution in [2.45, 2.75) is 37.5 Å². The molecule has 0 aromatic heterocycles. The molecule has 0 aliphatic carbocycles. The molecule has 124 valence electrons. The van der Waals surface area contributed by atoms with Gasteiger partial charge < -0.3 is 14.6 Å². The van der Waals surface area contributed by atoms with E-state index in [2.05, 4.69) is 4.90 Å². The van der Waals surface area contributed by atoms with Gasteiger partial charge in [-0.25, -0.2) is 4.79 Å². The molecule has 2 heterocycles. The summed E-state index contributed by atoms with van der Waals surface area (Å²) in [5.74, 6) is -1.17. The summed E-state index contributed by atoms with van der Waals surface area (Å²) in [5.41, 5.74) is 0.359. The van der Waals surface area contributed by atoms with E-state index in [-0.39, 0.29) is 17.8 Å². The van der Waals surface area contributed by atoms with Crippen molar-refractivity contribution in [3.05, 3.63) is 29.8 Å². The monoisotopic (exact) mass is 319 g/mol. The number of phenols is 1. The number of phenolic OH excluding ortho intramolecular Hbond substituents is 1. The maximum absolute atomic E-state index is 12.3. The Kier molecular flexibility index (Phi) is 4.26. The van der Waals surface area contributed by atoms with Crippen LogP contribution in [0.4, 0.5) is 0 Å². The molecule has 6 nitrogen and oxygen atoms in total. The fourth-order valence-corrected chi connectivity index (χ4v) is 3.79. The minimum absolute atomic E-state index is 0.0545. The van der Waals surface area contributed by atoms with E-state index in [9.17, 15) is 14.7 Å². The lowest BCUT2D eigenvalue weighted by molar-refractivity contribution is -0.156. The molecule has 1 unspecified atom stereocenters. The molecule has 1 aromatic carbocycles. The van der Waals surface area contributed by atoms with Crippen molar-refractivity contribution in [2.75, 3.05) is 14.2 Å². The summed E-state index contributed by atoms with van der Waals surface area (Å²) in [6.07, 6.45) is 2.07. The van der Waals surface area contributed by atoms with Gasteiger partial charge in [0.2, 0.25) is 0 Å². The number of esters is 2. The molecule has 1 N–H and O–H groups in total. The standard InChI is InChI=1S/C17H21NO5/c1-18-11-5-8-13(18)15(17(21)22-2)14(9-11)23-16(20)10-3-6-12(19)7-4-10/h3-4,6-7,11,13-15,19H,5,8-9H2,1-2H3/t11-,13?,14+,15-/m1/s1. The molecule has 2 bridgehead atoms. The molecule has 0 radical (unpaired) electrons. The Bertz CT molecular complexity index is 600. The number of rotatable bonds is 3. The minimum atomic E-state index is -0.479. The summed E-state index contributed by atoms with van der Waals surface area (Å²) in [5, 5.41) is 9.29. The first-order valence-electron chi connectivity index (χ1n) is 7.81. The molecule has 2 aliphatic rings. The lowest BCUT2D eigenvalue weighted by atomic mass is 9.87. The summed E-state index contributed by atoms with van der Waals surface area (Å²) < 4.78 is 10.6. The summed E-state index contributed by atoms with van der Waals surface area (Å²) in [4.78, 5) is 26.7. The number of carbonyl (C=O) groups excluding carboxylic acids is 2. The van der Waals surface area contributed by atoms with E-state index in [1.54, 1.807) is 0 Å². The highest BCUT2D eigenvalue weighted by Crippen LogP contribution is 2.40. The first-order chi connectivity index (χ1) is 11.0. The third kappa shape index (κ3) is 2.91. The maximum Gasteiger partial charge on any atom is 0.338 e. The number of hydrogen-bond acceptors (Lipinski definition) is 6. The van der Waals surface area contributed by atoms with Gasteiger partial charge in [0.05, 0.1) is 12.7 Å². The van der Waals surface area contributed by atoms with E-state index in [1.807, 2.05) is 7.05 Å². The molecule has 2 aliphatic heterocycles. The Labute approximate surface area is 135 Å². The van der Waals surface area contributed by atoms with Gasteiger partial charge >= 0.3 is 11.9 Å². The molecular weight excluding hydrogens is 298 g/mol. The van der Waals surface area contributed by atoms with Crippen LogP contribution in [0.5, 0.6) is 5.75 Å². The first kappa shape index (κ1) is 15.8. The molecule has 4 atom stereocenters. The van der Waals surface area contributed by atoms with E-state index in [0.717, 1.165) is 12.8 Å². The van der Waals surface area contributed by atoms with Crippen molar-refractivity contribution < 1.29 is 24.2 Å². The number of nitrogens with zero attached hydrogens (tertiary/aromatic N) is 1. The number of ether oxygens (including phenoxy) is 2. The van der Waals surface area contributed by atoms with Crippen LogP contribution >= 0.6 is 0 Å². The van der Waals surface area contributed by atoms with Crippen LogP contribution in [-0.2, 0) is 14.3 Å². The van der Waals surface area contributed by atoms with Gasteiger partial charge in [-0.1, -0.05) is 0 Å². The predicted molar refractivity (Wildman–Crippen MR) is 82.0 cm³/mol. The zero-order chi connectivity index (χ0) is 16.6. The zero-order valence-electron chi connectivity index (χ0n) is 13.3. The quantitative estimate of drug-likeness (QED) is 0.852. The van der Waals surface area contributed by atoms with Crippen LogP contribution in [0, 0.1) is 5.92 Å². The average molecular weight is 319 g/mol. The number of carbonyl (C=O) groups is 2. The van der Waals surface area contributed by atoms with Crippen LogP contribution in [0.2, 0.25) is 0 Å². The van der Waals surface area contributed by atoms with E-state index in [0.29, 0.717) is 18.0 Å². The van der Waals surface area contributed by atoms with Gasteiger partial charge in [0.25, 0.3) is 0 Å². The second-order valence-electron chi connectivity index (χ2n) is 6.24. The van der Waals surface area contributed by atoms with Gasteiger partial charge in [-0.2, -0.15) is 0 Å². The second-order valence-corrected chi connectivity index (χ2v) is 6.24. The minimum Gasteiger partial charge on any atom is -0.508 e. The highest BCUT2D eigenvalue weighted by Gasteiger charge is 2.50. The lowest BCUT2D eigenvalue weighted by Crippen LogP contribution is -2.53. The van der Waals surface area contributed by atoms with Crippen LogP contribution in [0.25, 0.3) is 0 Å². The fourth-order valence-electron chi connectivity index (χ4n) is 3.79. The smallest absolute Gasteiger partial charge is 0.338 e. The molecule has 3 rings (SSSR count). The Hall–Kier alpha value is -2.08. The van der Waals surface area contributed by atoms with Crippen LogP contribution in [0.1, 0.15) is 29.6 Å². The van der Waals surface area contributed by atoms with Crippen molar-refractivity contribution in [2.24, 2.45) is 5.92 Å². The summed E-state index contributed by atoms with van der Waals surface area (Å²) in [7, 11) is 3.37. The van der Waals surface area contributed by atoms with E-state index in [4.69, 9.17) is 9.47 Å². The highest BCUT2D eigenvalue weighted by atomic mass is 16.6. The third-order valence-electron chi connectivity index (χ3n) is 5.05. The van der Waals surface area contributed by atoms with Crippen LogP contribution in [0.3, 0.4) is 0 Å². The van der Waals surface area contributed by atoms with Gasteiger partial charge in [-0.3, -0.25) is 9.69 Å². The van der Waals surface area contributed by atoms with Crippen LogP contribution < -0.4 is 0 Å². The fraction of sp³-hybridized carbons (Fsp3) is 0.529. The van der Waals surface area contributed by atoms with Crippen LogP contribution in [-0.4, -0.2) is 54.3 Å². The van der Waals surface area contributed by atoms with Gasteiger partial charge in [-0.15, -0.1) is 0 Å². The van der Waals surface area contributed by atoms with Crippen molar-refractivity contribution in [1.29, 1.82) is 0 Å². The lowest BCUT2D eigenvalue weighted by Gasteiger charge is -2.40. The molecular formula is C17H21NO5. The highest BCUT2D eigenvalue weighted by molar-refractivity contribution is 5.90. The second kappa shape index (κ2) is 6.20. The number of fused-ring (bicyclic) bond motifs is 2. The number of piperidine rings is 1. The summed E-state index contributed by atoms with van der Waals surface area (Å²) in [6, 6.07) is 6.28. The molecule has 6 heteroatoms. The zero-order valence-corrected chi connectivity index (χ0v) is 13.3. The van der Waals surface area contributed by atoms with E-state index in [1.165, 1.54) is 31.4 Å². The summed E-state index contributed by atoms with van der Waals surface area (Å²) in [6.45, 7) is 0. The van der Waals surface area contributed by atoms with E-state index < -0.39 is 18.0 Å². The van der Waals surface area contributed by atoms with E-state index >= 15 is 0 Å². The Balaban J connectivity index is 1.78. The van der Waals surface area contributed by atoms with Gasteiger partial charge in [0.1, 0.15) is 17.8 Å². The van der Waals surface area contributed by atoms with Crippen molar-refractivity contribution in [3.63, 3.8) is 0 Å². The molecule has 0 amide bonds. The normalized spacial score (nSPS) is 30.0. The van der Waals surface area contributed by atoms with Crippen molar-refractivity contribution in [3.8, 4) is 5.75 Å². The SMILES string of the molecule is COC(=O)[C@@H]1C2CC[C@H](C[C@@H]1OC(=O)c1ccc(O)cc1)N2C. The number of hydrogen-bond donors (Lipinski definition) is 1. The first-order valence-corrected chi connectivity index (χ1v) is 7.81. The Morgan fingerprint density at radius 2 is 1.91 bits per heavy atom. The predicted octanol–water partition coefficient (Wildman–Crippen LogP) is 1.57. The molecule has 1 aromatic rings. The molecule has 0 saturated carbocycles. The molecule has 2 saturated heterocycles. The summed E-state index contributed by atoms with van der Waals surface area (Å²) >= 11 is 0. The van der Waals surface area contributed by atoms with Crippen LogP contribution in [0.15, 0.2) is 24.3 Å². The number of aromatic hydroxyl groups is 1. The average Bonchev–Trinajstić information content (AvgIpc) is 2.78. The Morgan fingerprint density at radius 1 is 1.22 bits per heavy atom. The molecule has 0 spiro atoms.